The van der Waals surface area contributed by atoms with E-state index >= 15 is 0 Å². The smallest absolute Gasteiger partial charge is 0.231 e. The number of alkyl halides is 1. The Morgan fingerprint density at radius 1 is 1.13 bits per heavy atom. The van der Waals surface area contributed by atoms with Crippen LogP contribution in [0.4, 0.5) is 21.7 Å². The first-order valence-electron chi connectivity index (χ1n) is 9.80. The molecule has 0 saturated heterocycles. The molecule has 0 spiro atoms. The van der Waals surface area contributed by atoms with Crippen LogP contribution in [0.3, 0.4) is 0 Å². The number of anilines is 3. The van der Waals surface area contributed by atoms with Crippen molar-refractivity contribution in [2.75, 3.05) is 10.6 Å². The number of amides is 1. The minimum Gasteiger partial charge on any atom is -0.338 e. The second kappa shape index (κ2) is 8.50. The fourth-order valence-corrected chi connectivity index (χ4v) is 2.99. The van der Waals surface area contributed by atoms with Gasteiger partial charge in [0.05, 0.1) is 29.1 Å². The number of ketones is 1. The van der Waals surface area contributed by atoms with E-state index in [9.17, 15) is 14.0 Å². The van der Waals surface area contributed by atoms with Crippen molar-refractivity contribution in [2.24, 2.45) is 5.92 Å². The highest BCUT2D eigenvalue weighted by atomic mass is 19.1. The molecular formula is C21H20FN7O2. The molecule has 2 unspecified atom stereocenters. The van der Waals surface area contributed by atoms with Gasteiger partial charge in [0, 0.05) is 18.7 Å². The van der Waals surface area contributed by atoms with E-state index in [1.54, 1.807) is 31.5 Å². The molecule has 0 aliphatic heterocycles. The van der Waals surface area contributed by atoms with Crippen molar-refractivity contribution in [1.29, 1.82) is 0 Å². The molecule has 10 heteroatoms. The second-order valence-electron chi connectivity index (χ2n) is 7.21. The molecule has 3 aromatic heterocycles. The summed E-state index contributed by atoms with van der Waals surface area (Å²) in [5.74, 6) is -0.309. The number of pyridine rings is 1. The third kappa shape index (κ3) is 4.52. The van der Waals surface area contributed by atoms with Crippen molar-refractivity contribution < 1.29 is 14.0 Å². The summed E-state index contributed by atoms with van der Waals surface area (Å²) in [7, 11) is 0. The predicted molar refractivity (Wildman–Crippen MR) is 112 cm³/mol. The summed E-state index contributed by atoms with van der Waals surface area (Å²) in [4.78, 5) is 44.7. The third-order valence-corrected chi connectivity index (χ3v) is 4.93. The first-order valence-corrected chi connectivity index (χ1v) is 9.80. The maximum Gasteiger partial charge on any atom is 0.231 e. The van der Waals surface area contributed by atoms with Crippen molar-refractivity contribution >= 4 is 29.0 Å². The van der Waals surface area contributed by atoms with Crippen LogP contribution >= 0.6 is 0 Å². The summed E-state index contributed by atoms with van der Waals surface area (Å²) in [6.07, 6.45) is 5.39. The van der Waals surface area contributed by atoms with Gasteiger partial charge in [-0.2, -0.15) is 0 Å². The summed E-state index contributed by atoms with van der Waals surface area (Å²) in [5.41, 5.74) is 2.97. The van der Waals surface area contributed by atoms with Gasteiger partial charge in [-0.1, -0.05) is 6.92 Å². The third-order valence-electron chi connectivity index (χ3n) is 4.93. The minimum absolute atomic E-state index is 0.0294. The number of halogens is 1. The lowest BCUT2D eigenvalue weighted by atomic mass is 10.1. The number of hydrogen-bond acceptors (Lipinski definition) is 8. The number of nitrogens with zero attached hydrogens (tertiary/aromatic N) is 5. The molecule has 1 amide bonds. The van der Waals surface area contributed by atoms with E-state index in [4.69, 9.17) is 0 Å². The Labute approximate surface area is 177 Å². The molecule has 31 heavy (non-hydrogen) atoms. The van der Waals surface area contributed by atoms with Crippen molar-refractivity contribution in [1.82, 2.24) is 24.9 Å². The van der Waals surface area contributed by atoms with Crippen LogP contribution in [0.1, 0.15) is 35.8 Å². The zero-order valence-corrected chi connectivity index (χ0v) is 17.0. The number of hydrogen-bond donors (Lipinski definition) is 2. The summed E-state index contributed by atoms with van der Waals surface area (Å²) in [6.45, 7) is 3.66. The van der Waals surface area contributed by atoms with Crippen molar-refractivity contribution in [3.63, 3.8) is 0 Å². The number of aryl methyl sites for hydroxylation is 1. The number of nitrogens with one attached hydrogen (secondary N) is 2. The average molecular weight is 421 g/mol. The van der Waals surface area contributed by atoms with Crippen LogP contribution in [-0.2, 0) is 4.79 Å². The lowest BCUT2D eigenvalue weighted by molar-refractivity contribution is -0.117. The van der Waals surface area contributed by atoms with Crippen molar-refractivity contribution in [2.45, 2.75) is 32.9 Å². The van der Waals surface area contributed by atoms with Crippen LogP contribution in [0.25, 0.3) is 11.3 Å². The fraction of sp³-hybridized carbons (Fsp3) is 0.286. The molecule has 3 aromatic rings. The Hall–Kier alpha value is -3.82. The Bertz CT molecular complexity index is 1150. The molecule has 0 radical (unpaired) electrons. The molecule has 1 aliphatic rings. The van der Waals surface area contributed by atoms with Gasteiger partial charge in [-0.05, 0) is 25.0 Å². The first kappa shape index (κ1) is 20.5. The maximum atomic E-state index is 13.1. The predicted octanol–water partition coefficient (Wildman–Crippen LogP) is 3.27. The maximum absolute atomic E-state index is 13.1. The van der Waals surface area contributed by atoms with Gasteiger partial charge in [-0.25, -0.2) is 24.3 Å². The standard InChI is InChI=1S/C21H20FN7O2/c1-3-18(30)16-4-11(2)17(8-24-16)28-20-13(7-23-9-27-20)15-6-19(26-10-25-15)29-21(31)12-5-14(12)22/h4,6-10,12,14H,3,5H2,1-2H3,(H,23,27,28)(H,25,26,29,31). The molecule has 2 N–H and O–H groups in total. The van der Waals surface area contributed by atoms with Crippen LogP contribution in [-0.4, -0.2) is 42.8 Å². The zero-order chi connectivity index (χ0) is 22.0. The van der Waals surface area contributed by atoms with E-state index in [1.165, 1.54) is 12.7 Å². The number of carbonyl (C=O) groups excluding carboxylic acids is 2. The lowest BCUT2D eigenvalue weighted by Crippen LogP contribution is -2.16. The van der Waals surface area contributed by atoms with Gasteiger partial charge in [0.1, 0.15) is 36.2 Å². The molecule has 0 bridgehead atoms. The van der Waals surface area contributed by atoms with Crippen LogP contribution in [0, 0.1) is 12.8 Å². The Morgan fingerprint density at radius 3 is 2.65 bits per heavy atom. The van der Waals surface area contributed by atoms with Gasteiger partial charge in [0.25, 0.3) is 0 Å². The van der Waals surface area contributed by atoms with Crippen LogP contribution in [0.2, 0.25) is 0 Å². The summed E-state index contributed by atoms with van der Waals surface area (Å²) in [6, 6.07) is 3.30. The molecule has 158 valence electrons. The monoisotopic (exact) mass is 421 g/mol. The zero-order valence-electron chi connectivity index (χ0n) is 17.0. The van der Waals surface area contributed by atoms with Gasteiger partial charge in [0.2, 0.25) is 5.91 Å². The van der Waals surface area contributed by atoms with Gasteiger partial charge in [-0.15, -0.1) is 0 Å². The van der Waals surface area contributed by atoms with Gasteiger partial charge in [0.15, 0.2) is 5.78 Å². The minimum atomic E-state index is -1.09. The van der Waals surface area contributed by atoms with Crippen LogP contribution in [0.5, 0.6) is 0 Å². The highest BCUT2D eigenvalue weighted by Gasteiger charge is 2.43. The van der Waals surface area contributed by atoms with Crippen molar-refractivity contribution in [3.05, 3.63) is 48.4 Å². The molecule has 1 saturated carbocycles. The summed E-state index contributed by atoms with van der Waals surface area (Å²) >= 11 is 0. The normalized spacial score (nSPS) is 17.1. The van der Waals surface area contributed by atoms with Gasteiger partial charge >= 0.3 is 0 Å². The molecule has 2 atom stereocenters. The van der Waals surface area contributed by atoms with Crippen LogP contribution < -0.4 is 10.6 Å². The molecule has 9 nitrogen and oxygen atoms in total. The quantitative estimate of drug-likeness (QED) is 0.557. The molecule has 1 aliphatic carbocycles. The highest BCUT2D eigenvalue weighted by Crippen LogP contribution is 2.35. The van der Waals surface area contributed by atoms with E-state index in [0.29, 0.717) is 34.9 Å². The first-order chi connectivity index (χ1) is 15.0. The van der Waals surface area contributed by atoms with Gasteiger partial charge < -0.3 is 10.6 Å². The highest BCUT2D eigenvalue weighted by molar-refractivity contribution is 5.95. The molecular weight excluding hydrogens is 401 g/mol. The van der Waals surface area contributed by atoms with Crippen LogP contribution in [0.15, 0.2) is 37.2 Å². The van der Waals surface area contributed by atoms with E-state index in [-0.39, 0.29) is 18.0 Å². The second-order valence-corrected chi connectivity index (χ2v) is 7.21. The van der Waals surface area contributed by atoms with Gasteiger partial charge in [-0.3, -0.25) is 14.6 Å². The Balaban J connectivity index is 1.59. The van der Waals surface area contributed by atoms with E-state index in [2.05, 4.69) is 35.6 Å². The average Bonchev–Trinajstić information content (AvgIpc) is 3.52. The van der Waals surface area contributed by atoms with E-state index < -0.39 is 18.0 Å². The van der Waals surface area contributed by atoms with E-state index in [1.807, 2.05) is 6.92 Å². The van der Waals surface area contributed by atoms with E-state index in [0.717, 1.165) is 5.56 Å². The Morgan fingerprint density at radius 2 is 1.94 bits per heavy atom. The fourth-order valence-electron chi connectivity index (χ4n) is 2.99. The molecule has 1 fully saturated rings. The lowest BCUT2D eigenvalue weighted by Gasteiger charge is -2.13. The number of Topliss-reactive ketones (excluding diaryl/α,β-unsaturated/α-hetero) is 1. The number of carbonyl (C=O) groups is 2. The number of aromatic nitrogens is 5. The summed E-state index contributed by atoms with van der Waals surface area (Å²) < 4.78 is 13.1. The van der Waals surface area contributed by atoms with Crippen molar-refractivity contribution in [3.8, 4) is 11.3 Å². The molecule has 0 aromatic carbocycles. The SMILES string of the molecule is CCC(=O)c1cc(C)c(Nc2ncncc2-c2cc(NC(=O)C3CC3F)ncn2)cn1. The summed E-state index contributed by atoms with van der Waals surface area (Å²) in [5, 5.41) is 5.81. The molecule has 3 heterocycles. The largest absolute Gasteiger partial charge is 0.338 e. The topological polar surface area (TPSA) is 123 Å². The molecule has 4 rings (SSSR count). The number of rotatable bonds is 7. The Kier molecular flexibility index (Phi) is 5.61.